The largest absolute Gasteiger partial charge is 0.497 e. The Morgan fingerprint density at radius 1 is 1.17 bits per heavy atom. The van der Waals surface area contributed by atoms with Crippen LogP contribution in [-0.4, -0.2) is 49.5 Å². The van der Waals surface area contributed by atoms with Gasteiger partial charge >= 0.3 is 0 Å². The number of allylic oxidation sites excluding steroid dienone is 1. The minimum absolute atomic E-state index is 0.000722. The number of hydrogen-bond donors (Lipinski definition) is 1. The molecule has 0 bridgehead atoms. The minimum Gasteiger partial charge on any atom is -0.497 e. The van der Waals surface area contributed by atoms with Crippen LogP contribution in [0, 0.1) is 0 Å². The highest BCUT2D eigenvalue weighted by Crippen LogP contribution is 2.44. The molecule has 0 saturated heterocycles. The van der Waals surface area contributed by atoms with E-state index in [1.807, 2.05) is 75.4 Å². The Kier molecular flexibility index (Phi) is 7.84. The van der Waals surface area contributed by atoms with Gasteiger partial charge in [-0.1, -0.05) is 50.3 Å². The zero-order valence-electron chi connectivity index (χ0n) is 20.5. The van der Waals surface area contributed by atoms with E-state index in [9.17, 15) is 8.78 Å². The summed E-state index contributed by atoms with van der Waals surface area (Å²) in [5.74, 6) is -1.89. The zero-order valence-corrected chi connectivity index (χ0v) is 20.5. The van der Waals surface area contributed by atoms with Crippen molar-refractivity contribution < 1.29 is 13.5 Å². The summed E-state index contributed by atoms with van der Waals surface area (Å²) in [6.07, 6.45) is 5.14. The van der Waals surface area contributed by atoms with E-state index in [0.717, 1.165) is 22.4 Å². The van der Waals surface area contributed by atoms with E-state index in [0.29, 0.717) is 11.4 Å². The molecule has 2 aromatic rings. The number of methoxy groups -OCH3 is 1. The van der Waals surface area contributed by atoms with Crippen LogP contribution in [0.2, 0.25) is 0 Å². The summed E-state index contributed by atoms with van der Waals surface area (Å²) in [5, 5.41) is 0. The van der Waals surface area contributed by atoms with Crippen molar-refractivity contribution >= 4 is 18.5 Å². The summed E-state index contributed by atoms with van der Waals surface area (Å²) in [6.45, 7) is 8.15. The number of benzene rings is 2. The number of nitrogens with two attached hydrogens (primary N) is 1. The molecule has 0 spiro atoms. The molecule has 0 amide bonds. The lowest BCUT2D eigenvalue weighted by Crippen LogP contribution is -2.53. The van der Waals surface area contributed by atoms with Crippen LogP contribution in [0.3, 0.4) is 0 Å². The van der Waals surface area contributed by atoms with Crippen molar-refractivity contribution in [2.45, 2.75) is 32.2 Å². The van der Waals surface area contributed by atoms with Gasteiger partial charge in [0.1, 0.15) is 18.1 Å². The van der Waals surface area contributed by atoms with Gasteiger partial charge in [0.15, 0.2) is 11.5 Å². The second kappa shape index (κ2) is 10.6. The van der Waals surface area contributed by atoms with Gasteiger partial charge in [0.2, 0.25) is 0 Å². The maximum Gasteiger partial charge on any atom is 0.284 e. The number of amidine groups is 1. The molecule has 0 aliphatic carbocycles. The van der Waals surface area contributed by atoms with Crippen molar-refractivity contribution in [3.63, 3.8) is 0 Å². The Morgan fingerprint density at radius 2 is 1.86 bits per heavy atom. The molecule has 0 radical (unpaired) electrons. The van der Waals surface area contributed by atoms with Crippen LogP contribution in [0.15, 0.2) is 87.4 Å². The first kappa shape index (κ1) is 25.8. The van der Waals surface area contributed by atoms with Crippen molar-refractivity contribution in [3.05, 3.63) is 78.0 Å². The van der Waals surface area contributed by atoms with Gasteiger partial charge in [0, 0.05) is 6.20 Å². The van der Waals surface area contributed by atoms with E-state index >= 15 is 0 Å². The van der Waals surface area contributed by atoms with Gasteiger partial charge in [-0.25, -0.2) is 13.8 Å². The molecule has 35 heavy (non-hydrogen) atoms. The number of ether oxygens (including phenoxy) is 1. The fourth-order valence-electron chi connectivity index (χ4n) is 4.25. The van der Waals surface area contributed by atoms with Crippen molar-refractivity contribution in [2.24, 2.45) is 20.7 Å². The third-order valence-electron chi connectivity index (χ3n) is 5.76. The average molecular weight is 480 g/mol. The standard InChI is InChI=1S/C25H25F2N5O.C2H6/c1-4-19(11-12-29-2)25(22-30-15-24(26,27)16-32(22)23(28)31-25)20-9-5-7-17(13-20)18-8-6-10-21(14-18)33-3;1-2/h4-14H,2,15-16H2,1,3H3,(H2,28,31);1-2H3/b12-11-,19-4+;. The monoisotopic (exact) mass is 479 g/mol. The Bertz CT molecular complexity index is 1200. The second-order valence-corrected chi connectivity index (χ2v) is 7.82. The SMILES string of the molecule is C=N/C=C\C(=C/C)C1(c2cccc(-c3cccc(OC)c3)c2)N=C(N)N2CC(F)(F)CN=C21.CC. The van der Waals surface area contributed by atoms with Gasteiger partial charge in [-0.3, -0.25) is 14.9 Å². The first-order chi connectivity index (χ1) is 16.8. The summed E-state index contributed by atoms with van der Waals surface area (Å²) >= 11 is 0. The Labute approximate surface area is 205 Å². The zero-order chi connectivity index (χ0) is 25.6. The van der Waals surface area contributed by atoms with Gasteiger partial charge in [-0.15, -0.1) is 0 Å². The number of nitrogens with zero attached hydrogens (tertiary/aromatic N) is 4. The number of halogens is 2. The molecule has 2 aromatic carbocycles. The van der Waals surface area contributed by atoms with Gasteiger partial charge in [-0.05, 0) is 60.2 Å². The van der Waals surface area contributed by atoms with Crippen LogP contribution in [-0.2, 0) is 5.54 Å². The molecule has 2 N–H and O–H groups in total. The third-order valence-corrected chi connectivity index (χ3v) is 5.76. The molecular formula is C27H31F2N5O. The minimum atomic E-state index is -2.99. The first-order valence-electron chi connectivity index (χ1n) is 11.4. The summed E-state index contributed by atoms with van der Waals surface area (Å²) in [7, 11) is 1.62. The molecule has 2 heterocycles. The van der Waals surface area contributed by atoms with Gasteiger partial charge < -0.3 is 10.5 Å². The normalized spacial score (nSPS) is 21.0. The van der Waals surface area contributed by atoms with Gasteiger partial charge in [0.25, 0.3) is 5.92 Å². The Balaban J connectivity index is 0.00000167. The molecule has 2 aliphatic rings. The number of alkyl halides is 2. The summed E-state index contributed by atoms with van der Waals surface area (Å²) in [4.78, 5) is 14.1. The molecule has 0 saturated carbocycles. The smallest absolute Gasteiger partial charge is 0.284 e. The summed E-state index contributed by atoms with van der Waals surface area (Å²) in [5.41, 5.74) is 8.31. The lowest BCUT2D eigenvalue weighted by atomic mass is 9.80. The third kappa shape index (κ3) is 4.87. The van der Waals surface area contributed by atoms with Crippen LogP contribution in [0.25, 0.3) is 11.1 Å². The number of guanidine groups is 1. The highest BCUT2D eigenvalue weighted by Gasteiger charge is 2.53. The molecule has 6 nitrogen and oxygen atoms in total. The summed E-state index contributed by atoms with van der Waals surface area (Å²) in [6, 6.07) is 15.4. The summed E-state index contributed by atoms with van der Waals surface area (Å²) < 4.78 is 33.7. The van der Waals surface area contributed by atoms with E-state index in [4.69, 9.17) is 15.5 Å². The molecule has 0 fully saturated rings. The lowest BCUT2D eigenvalue weighted by Gasteiger charge is -2.36. The first-order valence-corrected chi connectivity index (χ1v) is 11.4. The molecule has 0 aromatic heterocycles. The number of fused-ring (bicyclic) bond motifs is 1. The maximum absolute atomic E-state index is 14.2. The highest BCUT2D eigenvalue weighted by atomic mass is 19.3. The molecule has 184 valence electrons. The molecular weight excluding hydrogens is 448 g/mol. The molecule has 1 atom stereocenters. The van der Waals surface area contributed by atoms with E-state index in [1.54, 1.807) is 13.2 Å². The Hall–Kier alpha value is -3.81. The van der Waals surface area contributed by atoms with Crippen molar-refractivity contribution in [3.8, 4) is 16.9 Å². The van der Waals surface area contributed by atoms with Crippen molar-refractivity contribution in [1.29, 1.82) is 0 Å². The van der Waals surface area contributed by atoms with Gasteiger partial charge in [-0.2, -0.15) is 0 Å². The predicted molar refractivity (Wildman–Crippen MR) is 139 cm³/mol. The number of rotatable bonds is 6. The molecule has 8 heteroatoms. The second-order valence-electron chi connectivity index (χ2n) is 7.82. The van der Waals surface area contributed by atoms with Crippen LogP contribution in [0.1, 0.15) is 26.3 Å². The van der Waals surface area contributed by atoms with Crippen LogP contribution in [0.4, 0.5) is 8.78 Å². The van der Waals surface area contributed by atoms with Crippen molar-refractivity contribution in [2.75, 3.05) is 20.2 Å². The van der Waals surface area contributed by atoms with Crippen molar-refractivity contribution in [1.82, 2.24) is 4.90 Å². The lowest BCUT2D eigenvalue weighted by molar-refractivity contribution is -0.00437. The maximum atomic E-state index is 14.2. The molecule has 1 unspecified atom stereocenters. The van der Waals surface area contributed by atoms with Crippen LogP contribution >= 0.6 is 0 Å². The number of hydrogen-bond acceptors (Lipinski definition) is 6. The Morgan fingerprint density at radius 3 is 2.51 bits per heavy atom. The van der Waals surface area contributed by atoms with E-state index in [2.05, 4.69) is 16.7 Å². The van der Waals surface area contributed by atoms with Crippen LogP contribution in [0.5, 0.6) is 5.75 Å². The quantitative estimate of drug-likeness (QED) is 0.444. The van der Waals surface area contributed by atoms with Gasteiger partial charge in [0.05, 0.1) is 13.7 Å². The fraction of sp³-hybridized carbons (Fsp3) is 0.296. The molecule has 2 aliphatic heterocycles. The number of aliphatic imine (C=N–C) groups is 3. The van der Waals surface area contributed by atoms with E-state index in [-0.39, 0.29) is 5.96 Å². The highest BCUT2D eigenvalue weighted by molar-refractivity contribution is 6.12. The predicted octanol–water partition coefficient (Wildman–Crippen LogP) is 5.42. The average Bonchev–Trinajstić information content (AvgIpc) is 3.17. The van der Waals surface area contributed by atoms with E-state index < -0.39 is 24.6 Å². The van der Waals surface area contributed by atoms with E-state index in [1.165, 1.54) is 11.1 Å². The van der Waals surface area contributed by atoms with Crippen LogP contribution < -0.4 is 10.5 Å². The fourth-order valence-corrected chi connectivity index (χ4v) is 4.25. The molecule has 4 rings (SSSR count). The topological polar surface area (TPSA) is 75.6 Å².